The van der Waals surface area contributed by atoms with Crippen LogP contribution in [0.15, 0.2) is 35.6 Å². The lowest BCUT2D eigenvalue weighted by Crippen LogP contribution is -2.09. The van der Waals surface area contributed by atoms with Crippen molar-refractivity contribution in [3.8, 4) is 11.5 Å². The van der Waals surface area contributed by atoms with E-state index < -0.39 is 21.6 Å². The average Bonchev–Trinajstić information content (AvgIpc) is 3.42. The molecule has 1 saturated carbocycles. The maximum atomic E-state index is 13.1. The number of aryl methyl sites for hydroxylation is 1. The Kier molecular flexibility index (Phi) is 4.20. The number of alkyl halides is 3. The lowest BCUT2D eigenvalue weighted by molar-refractivity contribution is -0.137. The van der Waals surface area contributed by atoms with E-state index in [1.165, 1.54) is 15.9 Å². The standard InChI is InChI=1S/C20H18F3N5O2S/c1-3-31(29,30)19-16(26-15-8-12(11-4-5-11)6-7-28(15)19)18-25-14-9-13(20(21,22)23)10-24-17(14)27(18)2/h6-11H,3-5H2,1-2H3. The van der Waals surface area contributed by atoms with Crippen LogP contribution in [0, 0.1) is 0 Å². The van der Waals surface area contributed by atoms with E-state index in [-0.39, 0.29) is 33.5 Å². The van der Waals surface area contributed by atoms with Gasteiger partial charge in [0, 0.05) is 19.4 Å². The third-order valence-corrected chi connectivity index (χ3v) is 7.32. The summed E-state index contributed by atoms with van der Waals surface area (Å²) in [5, 5.41) is -0.0261. The molecule has 1 fully saturated rings. The van der Waals surface area contributed by atoms with Gasteiger partial charge in [0.25, 0.3) is 0 Å². The molecule has 4 aromatic heterocycles. The molecule has 162 valence electrons. The molecule has 0 amide bonds. The number of hydrogen-bond donors (Lipinski definition) is 0. The first-order chi connectivity index (χ1) is 14.6. The van der Waals surface area contributed by atoms with Crippen LogP contribution in [0.25, 0.3) is 28.3 Å². The highest BCUT2D eigenvalue weighted by atomic mass is 32.2. The van der Waals surface area contributed by atoms with Crippen LogP contribution >= 0.6 is 0 Å². The van der Waals surface area contributed by atoms with Gasteiger partial charge in [0.1, 0.15) is 16.9 Å². The van der Waals surface area contributed by atoms with Crippen LogP contribution in [-0.2, 0) is 23.1 Å². The summed E-state index contributed by atoms with van der Waals surface area (Å²) in [6.45, 7) is 1.53. The van der Waals surface area contributed by atoms with E-state index in [2.05, 4.69) is 15.0 Å². The third kappa shape index (κ3) is 3.18. The second-order valence-corrected chi connectivity index (χ2v) is 9.88. The second-order valence-electron chi connectivity index (χ2n) is 7.69. The van der Waals surface area contributed by atoms with Crippen LogP contribution in [-0.4, -0.2) is 38.1 Å². The van der Waals surface area contributed by atoms with Gasteiger partial charge in [-0.3, -0.25) is 4.40 Å². The predicted molar refractivity (Wildman–Crippen MR) is 107 cm³/mol. The normalized spacial score (nSPS) is 15.3. The number of aromatic nitrogens is 5. The minimum Gasteiger partial charge on any atom is -0.310 e. The maximum absolute atomic E-state index is 13.1. The SMILES string of the molecule is CCS(=O)(=O)c1c(-c2nc3cc(C(F)(F)F)cnc3n2C)nc2cc(C3CC3)ccn12. The Hall–Kier alpha value is -2.95. The average molecular weight is 449 g/mol. The fraction of sp³-hybridized carbons (Fsp3) is 0.350. The molecule has 0 unspecified atom stereocenters. The van der Waals surface area contributed by atoms with Crippen molar-refractivity contribution in [2.24, 2.45) is 7.05 Å². The van der Waals surface area contributed by atoms with E-state index >= 15 is 0 Å². The molecule has 0 aromatic carbocycles. The largest absolute Gasteiger partial charge is 0.417 e. The van der Waals surface area contributed by atoms with E-state index in [1.54, 1.807) is 13.2 Å². The zero-order chi connectivity index (χ0) is 22.1. The number of halogens is 3. The van der Waals surface area contributed by atoms with Crippen molar-refractivity contribution >= 4 is 26.6 Å². The zero-order valence-electron chi connectivity index (χ0n) is 16.7. The fourth-order valence-corrected chi connectivity index (χ4v) is 4.89. The first-order valence-electron chi connectivity index (χ1n) is 9.75. The Morgan fingerprint density at radius 1 is 1.19 bits per heavy atom. The summed E-state index contributed by atoms with van der Waals surface area (Å²) in [6, 6.07) is 4.65. The van der Waals surface area contributed by atoms with Gasteiger partial charge in [-0.1, -0.05) is 6.92 Å². The van der Waals surface area contributed by atoms with Crippen molar-refractivity contribution in [1.82, 2.24) is 23.9 Å². The van der Waals surface area contributed by atoms with Gasteiger partial charge < -0.3 is 4.57 Å². The number of fused-ring (bicyclic) bond motifs is 2. The first-order valence-corrected chi connectivity index (χ1v) is 11.4. The topological polar surface area (TPSA) is 82.1 Å². The molecular formula is C20H18F3N5O2S. The summed E-state index contributed by atoms with van der Waals surface area (Å²) in [7, 11) is -2.14. The molecule has 5 rings (SSSR count). The molecule has 7 nitrogen and oxygen atoms in total. The molecule has 1 aliphatic rings. The van der Waals surface area contributed by atoms with Gasteiger partial charge in [-0.15, -0.1) is 0 Å². The third-order valence-electron chi connectivity index (χ3n) is 5.58. The molecule has 4 heterocycles. The van der Waals surface area contributed by atoms with E-state index in [0.29, 0.717) is 11.6 Å². The van der Waals surface area contributed by atoms with Crippen LogP contribution in [0.3, 0.4) is 0 Å². The van der Waals surface area contributed by atoms with E-state index in [0.717, 1.165) is 30.7 Å². The van der Waals surface area contributed by atoms with Crippen LogP contribution in [0.5, 0.6) is 0 Å². The molecule has 31 heavy (non-hydrogen) atoms. The lowest BCUT2D eigenvalue weighted by Gasteiger charge is -2.06. The molecule has 4 aromatic rings. The predicted octanol–water partition coefficient (Wildman–Crippen LogP) is 3.97. The van der Waals surface area contributed by atoms with E-state index in [9.17, 15) is 21.6 Å². The van der Waals surface area contributed by atoms with E-state index in [1.807, 2.05) is 12.1 Å². The van der Waals surface area contributed by atoms with Crippen molar-refractivity contribution in [3.05, 3.63) is 41.7 Å². The summed E-state index contributed by atoms with van der Waals surface area (Å²) in [4.78, 5) is 12.7. The fourth-order valence-electron chi connectivity index (χ4n) is 3.73. The van der Waals surface area contributed by atoms with Crippen molar-refractivity contribution < 1.29 is 21.6 Å². The number of nitrogens with zero attached hydrogens (tertiary/aromatic N) is 5. The van der Waals surface area contributed by atoms with Gasteiger partial charge >= 0.3 is 6.18 Å². The number of pyridine rings is 2. The molecule has 0 atom stereocenters. The van der Waals surface area contributed by atoms with Crippen LogP contribution in [0.2, 0.25) is 0 Å². The number of hydrogen-bond acceptors (Lipinski definition) is 5. The maximum Gasteiger partial charge on any atom is 0.417 e. The molecule has 11 heteroatoms. The van der Waals surface area contributed by atoms with Gasteiger partial charge in [-0.25, -0.2) is 23.4 Å². The van der Waals surface area contributed by atoms with Crippen LogP contribution in [0.4, 0.5) is 13.2 Å². The highest BCUT2D eigenvalue weighted by molar-refractivity contribution is 7.91. The van der Waals surface area contributed by atoms with Crippen molar-refractivity contribution in [1.29, 1.82) is 0 Å². The number of imidazole rings is 2. The van der Waals surface area contributed by atoms with Gasteiger partial charge in [0.15, 0.2) is 26.3 Å². The summed E-state index contributed by atoms with van der Waals surface area (Å²) in [5.74, 6) is 0.445. The molecule has 0 radical (unpaired) electrons. The van der Waals surface area contributed by atoms with Crippen LogP contribution < -0.4 is 0 Å². The van der Waals surface area contributed by atoms with Gasteiger partial charge in [0.05, 0.1) is 11.3 Å². The second kappa shape index (κ2) is 6.52. The first kappa shape index (κ1) is 20.0. The van der Waals surface area contributed by atoms with Crippen molar-refractivity contribution in [3.63, 3.8) is 0 Å². The summed E-state index contributed by atoms with van der Waals surface area (Å²) >= 11 is 0. The Balaban J connectivity index is 1.78. The summed E-state index contributed by atoms with van der Waals surface area (Å²) in [5.41, 5.74) is 0.953. The minimum absolute atomic E-state index is 0.0166. The monoisotopic (exact) mass is 449 g/mol. The molecule has 0 bridgehead atoms. The smallest absolute Gasteiger partial charge is 0.310 e. The van der Waals surface area contributed by atoms with Gasteiger partial charge in [0.2, 0.25) is 0 Å². The molecule has 1 aliphatic carbocycles. The Labute approximate surface area is 175 Å². The van der Waals surface area contributed by atoms with Crippen molar-refractivity contribution in [2.75, 3.05) is 5.75 Å². The number of sulfone groups is 1. The molecule has 0 aliphatic heterocycles. The molecule has 0 spiro atoms. The summed E-state index contributed by atoms with van der Waals surface area (Å²) < 4.78 is 68.1. The lowest BCUT2D eigenvalue weighted by atomic mass is 10.2. The van der Waals surface area contributed by atoms with Crippen LogP contribution in [0.1, 0.15) is 36.8 Å². The molecular weight excluding hydrogens is 431 g/mol. The number of rotatable bonds is 4. The summed E-state index contributed by atoms with van der Waals surface area (Å²) in [6.07, 6.45) is 0.0370. The Morgan fingerprint density at radius 3 is 2.58 bits per heavy atom. The highest BCUT2D eigenvalue weighted by Crippen LogP contribution is 2.41. The molecule has 0 N–H and O–H groups in total. The van der Waals surface area contributed by atoms with Gasteiger partial charge in [-0.2, -0.15) is 13.2 Å². The molecule has 0 saturated heterocycles. The Morgan fingerprint density at radius 2 is 1.94 bits per heavy atom. The van der Waals surface area contributed by atoms with Crippen molar-refractivity contribution in [2.45, 2.75) is 36.9 Å². The Bertz CT molecular complexity index is 1450. The zero-order valence-corrected chi connectivity index (χ0v) is 17.5. The minimum atomic E-state index is -4.56. The highest BCUT2D eigenvalue weighted by Gasteiger charge is 2.33. The van der Waals surface area contributed by atoms with Gasteiger partial charge in [-0.05, 0) is 42.5 Å². The quantitative estimate of drug-likeness (QED) is 0.471. The van der Waals surface area contributed by atoms with E-state index in [4.69, 9.17) is 0 Å².